The summed E-state index contributed by atoms with van der Waals surface area (Å²) in [5, 5.41) is 12.4. The second-order valence-corrected chi connectivity index (χ2v) is 8.30. The molecule has 1 aliphatic carbocycles. The van der Waals surface area contributed by atoms with Crippen molar-refractivity contribution in [3.8, 4) is 33.4 Å². The Kier molecular flexibility index (Phi) is 4.31. The number of benzene rings is 5. The van der Waals surface area contributed by atoms with Crippen LogP contribution in [0.5, 0.6) is 0 Å². The van der Waals surface area contributed by atoms with E-state index in [4.69, 9.17) is 0 Å². The Morgan fingerprint density at radius 3 is 1.69 bits per heavy atom. The van der Waals surface area contributed by atoms with Crippen molar-refractivity contribution in [2.45, 2.75) is 5.60 Å². The fourth-order valence-corrected chi connectivity index (χ4v) is 5.01. The summed E-state index contributed by atoms with van der Waals surface area (Å²) < 4.78 is 0. The van der Waals surface area contributed by atoms with Crippen LogP contribution in [-0.4, -0.2) is 5.11 Å². The van der Waals surface area contributed by atoms with E-state index in [2.05, 4.69) is 78.9 Å². The first-order valence-electron chi connectivity index (χ1n) is 10.9. The molecule has 1 nitrogen and oxygen atoms in total. The van der Waals surface area contributed by atoms with Gasteiger partial charge in [-0.3, -0.25) is 0 Å². The molecule has 0 aliphatic heterocycles. The van der Waals surface area contributed by atoms with Crippen LogP contribution in [0.2, 0.25) is 0 Å². The minimum atomic E-state index is -1.21. The lowest BCUT2D eigenvalue weighted by Gasteiger charge is -2.27. The Morgan fingerprint density at radius 1 is 0.438 bits per heavy atom. The Bertz CT molecular complexity index is 1410. The molecule has 0 fully saturated rings. The van der Waals surface area contributed by atoms with Gasteiger partial charge in [0.05, 0.1) is 0 Å². The van der Waals surface area contributed by atoms with Crippen molar-refractivity contribution in [3.63, 3.8) is 0 Å². The van der Waals surface area contributed by atoms with Crippen molar-refractivity contribution in [2.75, 3.05) is 0 Å². The first kappa shape index (κ1) is 18.8. The predicted molar refractivity (Wildman–Crippen MR) is 131 cm³/mol. The van der Waals surface area contributed by atoms with Gasteiger partial charge in [0.2, 0.25) is 0 Å². The molecule has 152 valence electrons. The SMILES string of the molecule is OC1(c2ccccc2)c2ccccc2-c2c(-c3ccccc3)cc(-c3ccccc3)cc21. The van der Waals surface area contributed by atoms with Gasteiger partial charge in [0.1, 0.15) is 5.60 Å². The van der Waals surface area contributed by atoms with E-state index in [1.807, 2.05) is 48.5 Å². The molecule has 0 saturated heterocycles. The van der Waals surface area contributed by atoms with Crippen LogP contribution in [0.25, 0.3) is 33.4 Å². The maximum Gasteiger partial charge on any atom is 0.141 e. The smallest absolute Gasteiger partial charge is 0.141 e. The van der Waals surface area contributed by atoms with E-state index in [0.717, 1.165) is 50.1 Å². The van der Waals surface area contributed by atoms with E-state index in [1.54, 1.807) is 0 Å². The monoisotopic (exact) mass is 410 g/mol. The third-order valence-electron chi connectivity index (χ3n) is 6.50. The first-order chi connectivity index (χ1) is 15.8. The van der Waals surface area contributed by atoms with E-state index < -0.39 is 5.60 Å². The fourth-order valence-electron chi connectivity index (χ4n) is 5.01. The van der Waals surface area contributed by atoms with Gasteiger partial charge in [-0.05, 0) is 51.1 Å². The van der Waals surface area contributed by atoms with Crippen molar-refractivity contribution in [1.29, 1.82) is 0 Å². The van der Waals surface area contributed by atoms with Crippen LogP contribution in [0.3, 0.4) is 0 Å². The molecular weight excluding hydrogens is 388 g/mol. The summed E-state index contributed by atoms with van der Waals surface area (Å²) in [6, 6.07) is 43.6. The summed E-state index contributed by atoms with van der Waals surface area (Å²) in [5.74, 6) is 0. The van der Waals surface area contributed by atoms with Crippen LogP contribution in [0, 0.1) is 0 Å². The maximum absolute atomic E-state index is 12.4. The third kappa shape index (κ3) is 2.76. The lowest BCUT2D eigenvalue weighted by molar-refractivity contribution is 0.131. The minimum absolute atomic E-state index is 0.885. The standard InChI is InChI=1S/C31H22O/c32-31(25-16-8-3-9-17-25)28-19-11-10-18-26(28)30-27(23-14-6-2-7-15-23)20-24(21-29(30)31)22-12-4-1-5-13-22/h1-21,32H. The number of hydrogen-bond acceptors (Lipinski definition) is 1. The zero-order valence-electron chi connectivity index (χ0n) is 17.6. The van der Waals surface area contributed by atoms with E-state index in [1.165, 1.54) is 0 Å². The second-order valence-electron chi connectivity index (χ2n) is 8.30. The normalized spacial score (nSPS) is 16.4. The first-order valence-corrected chi connectivity index (χ1v) is 10.9. The van der Waals surface area contributed by atoms with Gasteiger partial charge in [-0.25, -0.2) is 0 Å². The Hall–Kier alpha value is -3.94. The summed E-state index contributed by atoms with van der Waals surface area (Å²) in [7, 11) is 0. The molecule has 1 atom stereocenters. The van der Waals surface area contributed by atoms with Crippen molar-refractivity contribution in [2.24, 2.45) is 0 Å². The average molecular weight is 411 g/mol. The van der Waals surface area contributed by atoms with Gasteiger partial charge in [0.15, 0.2) is 0 Å². The highest BCUT2D eigenvalue weighted by atomic mass is 16.3. The molecule has 0 aromatic heterocycles. The molecule has 6 rings (SSSR count). The topological polar surface area (TPSA) is 20.2 Å². The molecule has 1 aliphatic rings. The molecule has 0 radical (unpaired) electrons. The van der Waals surface area contributed by atoms with E-state index in [0.29, 0.717) is 0 Å². The average Bonchev–Trinajstić information content (AvgIpc) is 3.15. The van der Waals surface area contributed by atoms with Crippen molar-refractivity contribution < 1.29 is 5.11 Å². The van der Waals surface area contributed by atoms with Crippen LogP contribution in [0.1, 0.15) is 16.7 Å². The molecular formula is C31H22O. The van der Waals surface area contributed by atoms with Gasteiger partial charge in [0, 0.05) is 11.1 Å². The van der Waals surface area contributed by atoms with Crippen LogP contribution in [-0.2, 0) is 5.60 Å². The summed E-state index contributed by atoms with van der Waals surface area (Å²) in [6.07, 6.45) is 0. The van der Waals surface area contributed by atoms with Crippen molar-refractivity contribution in [1.82, 2.24) is 0 Å². The van der Waals surface area contributed by atoms with Gasteiger partial charge >= 0.3 is 0 Å². The highest BCUT2D eigenvalue weighted by Gasteiger charge is 2.44. The molecule has 1 N–H and O–H groups in total. The molecule has 5 aromatic carbocycles. The zero-order chi connectivity index (χ0) is 21.5. The third-order valence-corrected chi connectivity index (χ3v) is 6.50. The van der Waals surface area contributed by atoms with Crippen molar-refractivity contribution in [3.05, 3.63) is 144 Å². The molecule has 32 heavy (non-hydrogen) atoms. The summed E-state index contributed by atoms with van der Waals surface area (Å²) in [5.41, 5.74) is 8.27. The van der Waals surface area contributed by atoms with E-state index >= 15 is 0 Å². The van der Waals surface area contributed by atoms with Crippen LogP contribution >= 0.6 is 0 Å². The summed E-state index contributed by atoms with van der Waals surface area (Å²) in [4.78, 5) is 0. The summed E-state index contributed by atoms with van der Waals surface area (Å²) >= 11 is 0. The Labute approximate surface area is 188 Å². The quantitative estimate of drug-likeness (QED) is 0.331. The molecule has 1 heteroatoms. The minimum Gasteiger partial charge on any atom is -0.376 e. The lowest BCUT2D eigenvalue weighted by Crippen LogP contribution is -2.26. The van der Waals surface area contributed by atoms with Crippen LogP contribution in [0.4, 0.5) is 0 Å². The molecule has 0 saturated carbocycles. The molecule has 0 spiro atoms. The van der Waals surface area contributed by atoms with Gasteiger partial charge < -0.3 is 5.11 Å². The van der Waals surface area contributed by atoms with Gasteiger partial charge in [-0.15, -0.1) is 0 Å². The van der Waals surface area contributed by atoms with E-state index in [9.17, 15) is 5.11 Å². The largest absolute Gasteiger partial charge is 0.376 e. The molecule has 0 amide bonds. The number of aliphatic hydroxyl groups is 1. The fraction of sp³-hybridized carbons (Fsp3) is 0.0323. The van der Waals surface area contributed by atoms with Crippen molar-refractivity contribution >= 4 is 0 Å². The zero-order valence-corrected chi connectivity index (χ0v) is 17.6. The maximum atomic E-state index is 12.4. The molecule has 0 bridgehead atoms. The molecule has 0 heterocycles. The number of fused-ring (bicyclic) bond motifs is 3. The van der Waals surface area contributed by atoms with Gasteiger partial charge in [-0.2, -0.15) is 0 Å². The summed E-state index contributed by atoms with van der Waals surface area (Å²) in [6.45, 7) is 0. The Balaban J connectivity index is 1.74. The lowest BCUT2D eigenvalue weighted by atomic mass is 9.82. The number of rotatable bonds is 3. The van der Waals surface area contributed by atoms with Gasteiger partial charge in [-0.1, -0.05) is 115 Å². The predicted octanol–water partition coefficient (Wildman–Crippen LogP) is 7.29. The van der Waals surface area contributed by atoms with Gasteiger partial charge in [0.25, 0.3) is 0 Å². The Morgan fingerprint density at radius 2 is 1.00 bits per heavy atom. The highest BCUT2D eigenvalue weighted by Crippen LogP contribution is 2.54. The molecule has 1 unspecified atom stereocenters. The van der Waals surface area contributed by atoms with Crippen LogP contribution < -0.4 is 0 Å². The number of hydrogen-bond donors (Lipinski definition) is 1. The van der Waals surface area contributed by atoms with E-state index in [-0.39, 0.29) is 0 Å². The van der Waals surface area contributed by atoms with Crippen LogP contribution in [0.15, 0.2) is 127 Å². The molecule has 5 aromatic rings. The highest BCUT2D eigenvalue weighted by molar-refractivity contribution is 5.95. The second kappa shape index (κ2) is 7.33.